The molecular weight excluding hydrogens is 252 g/mol. The number of hydrogen-bond acceptors (Lipinski definition) is 2. The molecule has 0 aromatic heterocycles. The highest BCUT2D eigenvalue weighted by Crippen LogP contribution is 2.19. The second-order valence-corrected chi connectivity index (χ2v) is 5.00. The van der Waals surface area contributed by atoms with Gasteiger partial charge >= 0.3 is 0 Å². The van der Waals surface area contributed by atoms with Crippen LogP contribution >= 0.6 is 15.9 Å². The SMILES string of the molecule is CN(C)C(C)(C#N)Cc1ccc(Br)cc1. The maximum Gasteiger partial charge on any atom is 0.109 e. The van der Waals surface area contributed by atoms with Gasteiger partial charge in [0.1, 0.15) is 5.54 Å². The summed E-state index contributed by atoms with van der Waals surface area (Å²) < 4.78 is 1.06. The summed E-state index contributed by atoms with van der Waals surface area (Å²) in [6, 6.07) is 10.5. The largest absolute Gasteiger partial charge is 0.292 e. The Balaban J connectivity index is 2.85. The molecule has 15 heavy (non-hydrogen) atoms. The normalized spacial score (nSPS) is 14.7. The van der Waals surface area contributed by atoms with Crippen LogP contribution < -0.4 is 0 Å². The molecule has 0 aliphatic heterocycles. The molecule has 1 unspecified atom stereocenters. The van der Waals surface area contributed by atoms with Gasteiger partial charge in [0, 0.05) is 10.9 Å². The second kappa shape index (κ2) is 4.78. The topological polar surface area (TPSA) is 27.0 Å². The molecule has 0 aliphatic carbocycles. The van der Waals surface area contributed by atoms with Crippen LogP contribution in [0.5, 0.6) is 0 Å². The van der Waals surface area contributed by atoms with Gasteiger partial charge in [0.25, 0.3) is 0 Å². The molecule has 80 valence electrons. The Labute approximate surface area is 99.6 Å². The molecule has 1 aromatic carbocycles. The van der Waals surface area contributed by atoms with E-state index in [1.807, 2.05) is 50.2 Å². The number of likely N-dealkylation sites (N-methyl/N-ethyl adjacent to an activating group) is 1. The van der Waals surface area contributed by atoms with Gasteiger partial charge in [-0.15, -0.1) is 0 Å². The molecule has 1 atom stereocenters. The summed E-state index contributed by atoms with van der Waals surface area (Å²) in [7, 11) is 3.87. The number of hydrogen-bond donors (Lipinski definition) is 0. The van der Waals surface area contributed by atoms with E-state index >= 15 is 0 Å². The minimum atomic E-state index is -0.437. The average molecular weight is 267 g/mol. The molecule has 0 bridgehead atoms. The molecule has 1 rings (SSSR count). The van der Waals surface area contributed by atoms with Crippen LogP contribution in [-0.4, -0.2) is 24.5 Å². The van der Waals surface area contributed by atoms with E-state index < -0.39 is 5.54 Å². The Morgan fingerprint density at radius 3 is 2.27 bits per heavy atom. The van der Waals surface area contributed by atoms with Crippen molar-refractivity contribution in [3.05, 3.63) is 34.3 Å². The monoisotopic (exact) mass is 266 g/mol. The van der Waals surface area contributed by atoms with Crippen LogP contribution in [0.3, 0.4) is 0 Å². The lowest BCUT2D eigenvalue weighted by Crippen LogP contribution is -2.41. The van der Waals surface area contributed by atoms with E-state index in [4.69, 9.17) is 0 Å². The van der Waals surface area contributed by atoms with Crippen molar-refractivity contribution < 1.29 is 0 Å². The zero-order valence-electron chi connectivity index (χ0n) is 9.29. The number of halogens is 1. The van der Waals surface area contributed by atoms with Crippen molar-refractivity contribution in [2.24, 2.45) is 0 Å². The van der Waals surface area contributed by atoms with E-state index in [2.05, 4.69) is 22.0 Å². The molecule has 0 heterocycles. The van der Waals surface area contributed by atoms with Crippen LogP contribution in [0, 0.1) is 11.3 Å². The van der Waals surface area contributed by atoms with Crippen molar-refractivity contribution in [2.75, 3.05) is 14.1 Å². The predicted octanol–water partition coefficient (Wildman–Crippen LogP) is 2.84. The molecule has 0 N–H and O–H groups in total. The third kappa shape index (κ3) is 3.05. The van der Waals surface area contributed by atoms with Crippen molar-refractivity contribution in [1.82, 2.24) is 4.90 Å². The van der Waals surface area contributed by atoms with Crippen molar-refractivity contribution in [2.45, 2.75) is 18.9 Å². The zero-order valence-corrected chi connectivity index (χ0v) is 10.9. The first-order valence-electron chi connectivity index (χ1n) is 4.81. The Morgan fingerprint density at radius 1 is 1.33 bits per heavy atom. The highest BCUT2D eigenvalue weighted by molar-refractivity contribution is 9.10. The summed E-state index contributed by atoms with van der Waals surface area (Å²) in [5.74, 6) is 0. The standard InChI is InChI=1S/C12H15BrN2/c1-12(9-14,15(2)3)8-10-4-6-11(13)7-5-10/h4-7H,8H2,1-3H3. The number of nitriles is 1. The highest BCUT2D eigenvalue weighted by Gasteiger charge is 2.26. The lowest BCUT2D eigenvalue weighted by molar-refractivity contribution is 0.237. The molecule has 0 saturated heterocycles. The number of rotatable bonds is 3. The molecule has 0 spiro atoms. The smallest absolute Gasteiger partial charge is 0.109 e. The summed E-state index contributed by atoms with van der Waals surface area (Å²) in [6.07, 6.45) is 0.740. The molecule has 2 nitrogen and oxygen atoms in total. The molecule has 3 heteroatoms. The van der Waals surface area contributed by atoms with Crippen LogP contribution in [0.15, 0.2) is 28.7 Å². The first-order valence-corrected chi connectivity index (χ1v) is 5.60. The summed E-state index contributed by atoms with van der Waals surface area (Å²) in [5, 5.41) is 9.17. The van der Waals surface area contributed by atoms with Crippen LogP contribution in [0.1, 0.15) is 12.5 Å². The Kier molecular flexibility index (Phi) is 3.90. The Bertz CT molecular complexity index is 364. The van der Waals surface area contributed by atoms with Crippen LogP contribution in [-0.2, 0) is 6.42 Å². The highest BCUT2D eigenvalue weighted by atomic mass is 79.9. The Hall–Kier alpha value is -0.850. The molecule has 0 aliphatic rings. The number of nitrogens with zero attached hydrogens (tertiary/aromatic N) is 2. The molecule has 0 fully saturated rings. The third-order valence-corrected chi connectivity index (χ3v) is 3.22. The van der Waals surface area contributed by atoms with Crippen molar-refractivity contribution in [3.8, 4) is 6.07 Å². The van der Waals surface area contributed by atoms with Gasteiger partial charge in [0.15, 0.2) is 0 Å². The van der Waals surface area contributed by atoms with Gasteiger partial charge in [-0.05, 0) is 38.7 Å². The number of benzene rings is 1. The fourth-order valence-electron chi connectivity index (χ4n) is 1.30. The lowest BCUT2D eigenvalue weighted by atomic mass is 9.93. The van der Waals surface area contributed by atoms with Gasteiger partial charge in [-0.3, -0.25) is 4.90 Å². The van der Waals surface area contributed by atoms with Crippen molar-refractivity contribution in [1.29, 1.82) is 5.26 Å². The molecule has 0 saturated carbocycles. The summed E-state index contributed by atoms with van der Waals surface area (Å²) >= 11 is 3.40. The van der Waals surface area contributed by atoms with Gasteiger partial charge in [0.05, 0.1) is 6.07 Å². The zero-order chi connectivity index (χ0) is 11.5. The van der Waals surface area contributed by atoms with Crippen LogP contribution in [0.25, 0.3) is 0 Å². The molecular formula is C12H15BrN2. The van der Waals surface area contributed by atoms with Gasteiger partial charge < -0.3 is 0 Å². The average Bonchev–Trinajstić information content (AvgIpc) is 2.21. The van der Waals surface area contributed by atoms with Gasteiger partial charge in [0.2, 0.25) is 0 Å². The summed E-state index contributed by atoms with van der Waals surface area (Å²) in [4.78, 5) is 1.95. The quantitative estimate of drug-likeness (QED) is 0.842. The minimum absolute atomic E-state index is 0.437. The van der Waals surface area contributed by atoms with Gasteiger partial charge in [-0.2, -0.15) is 5.26 Å². The molecule has 0 radical (unpaired) electrons. The fraction of sp³-hybridized carbons (Fsp3) is 0.417. The minimum Gasteiger partial charge on any atom is -0.292 e. The van der Waals surface area contributed by atoms with Gasteiger partial charge in [-0.1, -0.05) is 28.1 Å². The Morgan fingerprint density at radius 2 is 1.87 bits per heavy atom. The fourth-order valence-corrected chi connectivity index (χ4v) is 1.56. The van der Waals surface area contributed by atoms with E-state index in [0.717, 1.165) is 10.9 Å². The van der Waals surface area contributed by atoms with E-state index in [1.54, 1.807) is 0 Å². The lowest BCUT2D eigenvalue weighted by Gasteiger charge is -2.29. The predicted molar refractivity (Wildman–Crippen MR) is 65.6 cm³/mol. The van der Waals surface area contributed by atoms with Crippen molar-refractivity contribution in [3.63, 3.8) is 0 Å². The maximum absolute atomic E-state index is 9.17. The van der Waals surface area contributed by atoms with Crippen LogP contribution in [0.4, 0.5) is 0 Å². The van der Waals surface area contributed by atoms with E-state index in [1.165, 1.54) is 5.56 Å². The van der Waals surface area contributed by atoms with E-state index in [-0.39, 0.29) is 0 Å². The molecule has 1 aromatic rings. The first kappa shape index (κ1) is 12.2. The van der Waals surface area contributed by atoms with E-state index in [9.17, 15) is 5.26 Å². The summed E-state index contributed by atoms with van der Waals surface area (Å²) in [5.41, 5.74) is 0.740. The maximum atomic E-state index is 9.17. The third-order valence-electron chi connectivity index (χ3n) is 2.69. The van der Waals surface area contributed by atoms with E-state index in [0.29, 0.717) is 0 Å². The van der Waals surface area contributed by atoms with Crippen LogP contribution in [0.2, 0.25) is 0 Å². The van der Waals surface area contributed by atoms with Crippen molar-refractivity contribution >= 4 is 15.9 Å². The second-order valence-electron chi connectivity index (χ2n) is 4.08. The summed E-state index contributed by atoms with van der Waals surface area (Å²) in [6.45, 7) is 1.95. The first-order chi connectivity index (χ1) is 6.98. The van der Waals surface area contributed by atoms with Gasteiger partial charge in [-0.25, -0.2) is 0 Å². The molecule has 0 amide bonds.